The number of benzene rings is 1. The van der Waals surface area contributed by atoms with Gasteiger partial charge in [-0.25, -0.2) is 4.79 Å². The van der Waals surface area contributed by atoms with Crippen LogP contribution in [0.4, 0.5) is 5.69 Å². The molecule has 0 fully saturated rings. The van der Waals surface area contributed by atoms with Crippen LogP contribution in [0.3, 0.4) is 0 Å². The Labute approximate surface area is 111 Å². The SMILES string of the molecule is COCCNC(=O)C(C)OC(=O)c1ccc(N)cc1. The van der Waals surface area contributed by atoms with Crippen molar-refractivity contribution in [3.05, 3.63) is 29.8 Å². The molecule has 0 heterocycles. The molecule has 1 unspecified atom stereocenters. The van der Waals surface area contributed by atoms with E-state index in [1.807, 2.05) is 0 Å². The monoisotopic (exact) mass is 266 g/mol. The normalized spacial score (nSPS) is 11.7. The van der Waals surface area contributed by atoms with Gasteiger partial charge in [0.15, 0.2) is 6.10 Å². The summed E-state index contributed by atoms with van der Waals surface area (Å²) in [6.45, 7) is 2.29. The zero-order chi connectivity index (χ0) is 14.3. The van der Waals surface area contributed by atoms with Crippen molar-refractivity contribution in [1.82, 2.24) is 5.32 Å². The summed E-state index contributed by atoms with van der Waals surface area (Å²) in [7, 11) is 1.54. The molecule has 1 amide bonds. The molecular formula is C13H18N2O4. The largest absolute Gasteiger partial charge is 0.449 e. The summed E-state index contributed by atoms with van der Waals surface area (Å²) in [5.74, 6) is -0.921. The average Bonchev–Trinajstić information content (AvgIpc) is 2.39. The van der Waals surface area contributed by atoms with Crippen molar-refractivity contribution in [1.29, 1.82) is 0 Å². The lowest BCUT2D eigenvalue weighted by Crippen LogP contribution is -2.37. The molecule has 19 heavy (non-hydrogen) atoms. The van der Waals surface area contributed by atoms with Gasteiger partial charge in [-0.05, 0) is 31.2 Å². The van der Waals surface area contributed by atoms with Crippen LogP contribution in [-0.4, -0.2) is 38.2 Å². The molecule has 6 nitrogen and oxygen atoms in total. The number of carbonyl (C=O) groups excluding carboxylic acids is 2. The summed E-state index contributed by atoms with van der Waals surface area (Å²) in [4.78, 5) is 23.3. The molecule has 104 valence electrons. The van der Waals surface area contributed by atoms with Gasteiger partial charge in [0.25, 0.3) is 5.91 Å². The predicted molar refractivity (Wildman–Crippen MR) is 70.6 cm³/mol. The Bertz CT molecular complexity index is 431. The zero-order valence-electron chi connectivity index (χ0n) is 11.0. The maximum atomic E-state index is 11.7. The Morgan fingerprint density at radius 3 is 2.53 bits per heavy atom. The number of nitrogens with one attached hydrogen (secondary N) is 1. The van der Waals surface area contributed by atoms with Crippen LogP contribution in [0.1, 0.15) is 17.3 Å². The van der Waals surface area contributed by atoms with Gasteiger partial charge in [0.2, 0.25) is 0 Å². The van der Waals surface area contributed by atoms with E-state index in [-0.39, 0.29) is 5.91 Å². The van der Waals surface area contributed by atoms with Gasteiger partial charge < -0.3 is 20.5 Å². The molecule has 0 saturated heterocycles. The minimum absolute atomic E-state index is 0.353. The van der Waals surface area contributed by atoms with E-state index in [9.17, 15) is 9.59 Å². The number of amides is 1. The number of anilines is 1. The van der Waals surface area contributed by atoms with E-state index in [2.05, 4.69) is 5.32 Å². The molecule has 1 aromatic rings. The third-order valence-electron chi connectivity index (χ3n) is 2.40. The standard InChI is InChI=1S/C13H18N2O4/c1-9(12(16)15-7-8-18-2)19-13(17)10-3-5-11(14)6-4-10/h3-6,9H,7-8,14H2,1-2H3,(H,15,16). The van der Waals surface area contributed by atoms with E-state index in [1.54, 1.807) is 24.3 Å². The second-order valence-electron chi connectivity index (χ2n) is 3.95. The quantitative estimate of drug-likeness (QED) is 0.446. The van der Waals surface area contributed by atoms with Gasteiger partial charge in [0.1, 0.15) is 0 Å². The van der Waals surface area contributed by atoms with Crippen LogP contribution in [0, 0.1) is 0 Å². The molecule has 0 spiro atoms. The van der Waals surface area contributed by atoms with Crippen LogP contribution in [-0.2, 0) is 14.3 Å². The summed E-state index contributed by atoms with van der Waals surface area (Å²) in [5, 5.41) is 2.59. The van der Waals surface area contributed by atoms with Gasteiger partial charge in [0, 0.05) is 19.3 Å². The number of ether oxygens (including phenoxy) is 2. The van der Waals surface area contributed by atoms with E-state index in [0.29, 0.717) is 24.4 Å². The lowest BCUT2D eigenvalue weighted by Gasteiger charge is -2.13. The molecule has 0 aliphatic carbocycles. The number of rotatable bonds is 6. The highest BCUT2D eigenvalue weighted by molar-refractivity contribution is 5.92. The first-order chi connectivity index (χ1) is 9.04. The summed E-state index contributed by atoms with van der Waals surface area (Å²) in [6, 6.07) is 6.29. The fraction of sp³-hybridized carbons (Fsp3) is 0.385. The smallest absolute Gasteiger partial charge is 0.338 e. The highest BCUT2D eigenvalue weighted by Crippen LogP contribution is 2.08. The molecule has 1 atom stereocenters. The maximum absolute atomic E-state index is 11.7. The Hall–Kier alpha value is -2.08. The van der Waals surface area contributed by atoms with Gasteiger partial charge >= 0.3 is 5.97 Å². The second-order valence-corrected chi connectivity index (χ2v) is 3.95. The molecule has 6 heteroatoms. The number of nitrogens with two attached hydrogens (primary N) is 1. The third kappa shape index (κ3) is 4.97. The number of carbonyl (C=O) groups is 2. The molecule has 1 aromatic carbocycles. The Morgan fingerprint density at radius 2 is 1.95 bits per heavy atom. The first-order valence-corrected chi connectivity index (χ1v) is 5.87. The van der Waals surface area contributed by atoms with Gasteiger partial charge in [-0.1, -0.05) is 0 Å². The van der Waals surface area contributed by atoms with Crippen LogP contribution in [0.2, 0.25) is 0 Å². The number of esters is 1. The van der Waals surface area contributed by atoms with Crippen molar-refractivity contribution in [2.75, 3.05) is 26.0 Å². The molecule has 0 radical (unpaired) electrons. The van der Waals surface area contributed by atoms with E-state index in [0.717, 1.165) is 0 Å². The molecule has 0 bridgehead atoms. The Kier molecular flexibility index (Phi) is 5.81. The molecule has 0 aliphatic heterocycles. The average molecular weight is 266 g/mol. The van der Waals surface area contributed by atoms with Gasteiger partial charge in [-0.15, -0.1) is 0 Å². The molecular weight excluding hydrogens is 248 g/mol. The van der Waals surface area contributed by atoms with Crippen molar-refractivity contribution >= 4 is 17.6 Å². The highest BCUT2D eigenvalue weighted by atomic mass is 16.5. The van der Waals surface area contributed by atoms with Gasteiger partial charge in [0.05, 0.1) is 12.2 Å². The second kappa shape index (κ2) is 7.38. The molecule has 1 rings (SSSR count). The Morgan fingerprint density at radius 1 is 1.32 bits per heavy atom. The number of hydrogen-bond donors (Lipinski definition) is 2. The van der Waals surface area contributed by atoms with Gasteiger partial charge in [-0.2, -0.15) is 0 Å². The van der Waals surface area contributed by atoms with E-state index < -0.39 is 12.1 Å². The van der Waals surface area contributed by atoms with Crippen LogP contribution in [0.5, 0.6) is 0 Å². The minimum atomic E-state index is -0.859. The zero-order valence-corrected chi connectivity index (χ0v) is 11.0. The van der Waals surface area contributed by atoms with E-state index in [4.69, 9.17) is 15.2 Å². The van der Waals surface area contributed by atoms with Gasteiger partial charge in [-0.3, -0.25) is 4.79 Å². The summed E-state index contributed by atoms with van der Waals surface area (Å²) < 4.78 is 9.84. The summed E-state index contributed by atoms with van der Waals surface area (Å²) in [5.41, 5.74) is 6.43. The number of hydrogen-bond acceptors (Lipinski definition) is 5. The van der Waals surface area contributed by atoms with Crippen molar-refractivity contribution in [2.45, 2.75) is 13.0 Å². The van der Waals surface area contributed by atoms with Crippen molar-refractivity contribution in [3.63, 3.8) is 0 Å². The summed E-state index contributed by atoms with van der Waals surface area (Å²) >= 11 is 0. The fourth-order valence-corrected chi connectivity index (χ4v) is 1.32. The fourth-order valence-electron chi connectivity index (χ4n) is 1.32. The van der Waals surface area contributed by atoms with E-state index >= 15 is 0 Å². The minimum Gasteiger partial charge on any atom is -0.449 e. The van der Waals surface area contributed by atoms with Crippen molar-refractivity contribution in [3.8, 4) is 0 Å². The first kappa shape index (κ1) is 15.0. The molecule has 0 saturated carbocycles. The van der Waals surface area contributed by atoms with Crippen molar-refractivity contribution in [2.24, 2.45) is 0 Å². The lowest BCUT2D eigenvalue weighted by molar-refractivity contribution is -0.129. The van der Waals surface area contributed by atoms with Crippen LogP contribution < -0.4 is 11.1 Å². The molecule has 0 aliphatic rings. The summed E-state index contributed by atoms with van der Waals surface area (Å²) in [6.07, 6.45) is -0.859. The van der Waals surface area contributed by atoms with Crippen molar-refractivity contribution < 1.29 is 19.1 Å². The van der Waals surface area contributed by atoms with Crippen LogP contribution in [0.15, 0.2) is 24.3 Å². The third-order valence-corrected chi connectivity index (χ3v) is 2.40. The lowest BCUT2D eigenvalue weighted by atomic mass is 10.2. The molecule has 0 aromatic heterocycles. The number of methoxy groups -OCH3 is 1. The highest BCUT2D eigenvalue weighted by Gasteiger charge is 2.18. The topological polar surface area (TPSA) is 90.6 Å². The van der Waals surface area contributed by atoms with Crippen LogP contribution in [0.25, 0.3) is 0 Å². The van der Waals surface area contributed by atoms with E-state index in [1.165, 1.54) is 14.0 Å². The Balaban J connectivity index is 2.47. The van der Waals surface area contributed by atoms with Crippen LogP contribution >= 0.6 is 0 Å². The maximum Gasteiger partial charge on any atom is 0.338 e. The molecule has 3 N–H and O–H groups in total. The first-order valence-electron chi connectivity index (χ1n) is 5.87. The predicted octanol–water partition coefficient (Wildman–Crippen LogP) is 0.577. The number of nitrogen functional groups attached to an aromatic ring is 1.